The summed E-state index contributed by atoms with van der Waals surface area (Å²) in [5.41, 5.74) is 2.33. The van der Waals surface area contributed by atoms with Crippen molar-refractivity contribution in [3.8, 4) is 11.1 Å². The number of nitrogens with zero attached hydrogens (tertiary/aromatic N) is 3. The van der Waals surface area contributed by atoms with Crippen molar-refractivity contribution in [3.63, 3.8) is 0 Å². The molecule has 0 bridgehead atoms. The molecule has 3 rings (SSSR count). The average Bonchev–Trinajstić information content (AvgIpc) is 2.79. The van der Waals surface area contributed by atoms with E-state index in [1.807, 2.05) is 22.9 Å². The fourth-order valence-corrected chi connectivity index (χ4v) is 1.74. The second-order valence-corrected chi connectivity index (χ2v) is 3.94. The third kappa shape index (κ3) is 1.67. The molecule has 0 aliphatic heterocycles. The van der Waals surface area contributed by atoms with Crippen molar-refractivity contribution < 1.29 is 4.39 Å². The molecule has 0 N–H and O–H groups in total. The molecule has 17 heavy (non-hydrogen) atoms. The Morgan fingerprint density at radius 2 is 2.06 bits per heavy atom. The van der Waals surface area contributed by atoms with Crippen LogP contribution in [0.3, 0.4) is 0 Å². The van der Waals surface area contributed by atoms with Gasteiger partial charge in [-0.15, -0.1) is 0 Å². The van der Waals surface area contributed by atoms with E-state index in [2.05, 4.69) is 9.97 Å². The molecular formula is C13H10FN3. The summed E-state index contributed by atoms with van der Waals surface area (Å²) in [6.07, 6.45) is 7.09. The van der Waals surface area contributed by atoms with E-state index in [1.165, 1.54) is 6.07 Å². The highest BCUT2D eigenvalue weighted by Crippen LogP contribution is 2.21. The standard InChI is InChI=1S/C13H10FN3/c1-9-2-3-10(6-12(9)14)11-7-16-13-15-4-5-17(13)8-11/h2-8H,1H3. The smallest absolute Gasteiger partial charge is 0.233 e. The summed E-state index contributed by atoms with van der Waals surface area (Å²) in [7, 11) is 0. The minimum Gasteiger partial charge on any atom is -0.291 e. The third-order valence-electron chi connectivity index (χ3n) is 2.75. The van der Waals surface area contributed by atoms with Gasteiger partial charge in [0, 0.05) is 30.4 Å². The average molecular weight is 227 g/mol. The molecule has 0 aliphatic rings. The van der Waals surface area contributed by atoms with Crippen molar-refractivity contribution in [2.75, 3.05) is 0 Å². The Morgan fingerprint density at radius 3 is 2.88 bits per heavy atom. The van der Waals surface area contributed by atoms with Crippen LogP contribution in [0.2, 0.25) is 0 Å². The predicted octanol–water partition coefficient (Wildman–Crippen LogP) is 2.84. The van der Waals surface area contributed by atoms with Crippen LogP contribution in [0, 0.1) is 12.7 Å². The van der Waals surface area contributed by atoms with E-state index in [-0.39, 0.29) is 5.82 Å². The summed E-state index contributed by atoms with van der Waals surface area (Å²) in [4.78, 5) is 8.26. The predicted molar refractivity (Wildman–Crippen MR) is 63.1 cm³/mol. The van der Waals surface area contributed by atoms with E-state index >= 15 is 0 Å². The highest BCUT2D eigenvalue weighted by atomic mass is 19.1. The maximum atomic E-state index is 13.5. The van der Waals surface area contributed by atoms with E-state index in [1.54, 1.807) is 25.4 Å². The molecule has 0 fully saturated rings. The van der Waals surface area contributed by atoms with Crippen LogP contribution >= 0.6 is 0 Å². The van der Waals surface area contributed by atoms with Gasteiger partial charge in [-0.3, -0.25) is 4.40 Å². The quantitative estimate of drug-likeness (QED) is 0.640. The van der Waals surface area contributed by atoms with E-state index in [0.29, 0.717) is 11.3 Å². The Bertz CT molecular complexity index is 688. The zero-order valence-electron chi connectivity index (χ0n) is 9.26. The second kappa shape index (κ2) is 3.66. The van der Waals surface area contributed by atoms with Crippen LogP contribution in [0.1, 0.15) is 5.56 Å². The van der Waals surface area contributed by atoms with Gasteiger partial charge in [-0.2, -0.15) is 0 Å². The van der Waals surface area contributed by atoms with Gasteiger partial charge in [0.2, 0.25) is 5.78 Å². The summed E-state index contributed by atoms with van der Waals surface area (Å²) in [5.74, 6) is 0.439. The molecule has 0 unspecified atom stereocenters. The summed E-state index contributed by atoms with van der Waals surface area (Å²) in [5, 5.41) is 0. The first kappa shape index (κ1) is 9.96. The fourth-order valence-electron chi connectivity index (χ4n) is 1.74. The van der Waals surface area contributed by atoms with Gasteiger partial charge in [0.1, 0.15) is 5.82 Å². The van der Waals surface area contributed by atoms with Crippen LogP contribution in [0.15, 0.2) is 43.0 Å². The molecule has 2 aromatic heterocycles. The minimum atomic E-state index is -0.201. The van der Waals surface area contributed by atoms with Gasteiger partial charge in [0.15, 0.2) is 0 Å². The number of rotatable bonds is 1. The zero-order valence-corrected chi connectivity index (χ0v) is 9.26. The number of halogens is 1. The van der Waals surface area contributed by atoms with Crippen LogP contribution in [-0.4, -0.2) is 14.4 Å². The number of fused-ring (bicyclic) bond motifs is 1. The molecule has 4 heteroatoms. The molecule has 84 valence electrons. The van der Waals surface area contributed by atoms with E-state index < -0.39 is 0 Å². The molecule has 0 atom stereocenters. The van der Waals surface area contributed by atoms with Crippen LogP contribution in [0.4, 0.5) is 4.39 Å². The molecule has 0 saturated carbocycles. The van der Waals surface area contributed by atoms with Crippen molar-refractivity contribution >= 4 is 5.78 Å². The lowest BCUT2D eigenvalue weighted by molar-refractivity contribution is 0.619. The first-order valence-electron chi connectivity index (χ1n) is 5.29. The molecule has 1 aromatic carbocycles. The summed E-state index contributed by atoms with van der Waals surface area (Å²) in [6.45, 7) is 1.75. The van der Waals surface area contributed by atoms with Gasteiger partial charge in [0.25, 0.3) is 0 Å². The maximum Gasteiger partial charge on any atom is 0.233 e. The summed E-state index contributed by atoms with van der Waals surface area (Å²) >= 11 is 0. The SMILES string of the molecule is Cc1ccc(-c2cnc3nccn3c2)cc1F. The molecule has 0 aliphatic carbocycles. The normalized spacial score (nSPS) is 10.9. The van der Waals surface area contributed by atoms with Crippen molar-refractivity contribution in [2.24, 2.45) is 0 Å². The highest BCUT2D eigenvalue weighted by molar-refractivity contribution is 5.63. The first-order chi connectivity index (χ1) is 8.24. The summed E-state index contributed by atoms with van der Waals surface area (Å²) < 4.78 is 15.3. The minimum absolute atomic E-state index is 0.201. The lowest BCUT2D eigenvalue weighted by atomic mass is 10.1. The molecule has 3 aromatic rings. The van der Waals surface area contributed by atoms with Crippen molar-refractivity contribution in [1.29, 1.82) is 0 Å². The number of aryl methyl sites for hydroxylation is 1. The Balaban J connectivity index is 2.16. The number of hydrogen-bond donors (Lipinski definition) is 0. The Kier molecular flexibility index (Phi) is 2.14. The van der Waals surface area contributed by atoms with Gasteiger partial charge < -0.3 is 0 Å². The van der Waals surface area contributed by atoms with Crippen LogP contribution in [0.5, 0.6) is 0 Å². The second-order valence-electron chi connectivity index (χ2n) is 3.94. The Hall–Kier alpha value is -2.23. The van der Waals surface area contributed by atoms with E-state index in [4.69, 9.17) is 0 Å². The first-order valence-corrected chi connectivity index (χ1v) is 5.29. The monoisotopic (exact) mass is 227 g/mol. The topological polar surface area (TPSA) is 30.2 Å². The number of imidazole rings is 1. The lowest BCUT2D eigenvalue weighted by Gasteiger charge is -2.03. The molecule has 2 heterocycles. The largest absolute Gasteiger partial charge is 0.291 e. The number of hydrogen-bond acceptors (Lipinski definition) is 2. The van der Waals surface area contributed by atoms with Crippen molar-refractivity contribution in [1.82, 2.24) is 14.4 Å². The molecular weight excluding hydrogens is 217 g/mol. The van der Waals surface area contributed by atoms with Crippen molar-refractivity contribution in [2.45, 2.75) is 6.92 Å². The Morgan fingerprint density at radius 1 is 1.18 bits per heavy atom. The van der Waals surface area contributed by atoms with E-state index in [0.717, 1.165) is 11.1 Å². The van der Waals surface area contributed by atoms with Gasteiger partial charge in [-0.05, 0) is 24.1 Å². The van der Waals surface area contributed by atoms with Crippen molar-refractivity contribution in [3.05, 3.63) is 54.4 Å². The number of benzene rings is 1. The molecule has 0 radical (unpaired) electrons. The molecule has 0 saturated heterocycles. The van der Waals surface area contributed by atoms with Gasteiger partial charge in [-0.25, -0.2) is 14.4 Å². The Labute approximate surface area is 97.6 Å². The van der Waals surface area contributed by atoms with Crippen LogP contribution < -0.4 is 0 Å². The molecule has 0 spiro atoms. The van der Waals surface area contributed by atoms with Crippen LogP contribution in [0.25, 0.3) is 16.9 Å². The van der Waals surface area contributed by atoms with E-state index in [9.17, 15) is 4.39 Å². The highest BCUT2D eigenvalue weighted by Gasteiger charge is 2.04. The zero-order chi connectivity index (χ0) is 11.8. The maximum absolute atomic E-state index is 13.5. The molecule has 3 nitrogen and oxygen atoms in total. The number of aromatic nitrogens is 3. The lowest BCUT2D eigenvalue weighted by Crippen LogP contribution is -1.90. The van der Waals surface area contributed by atoms with Gasteiger partial charge in [0.05, 0.1) is 0 Å². The van der Waals surface area contributed by atoms with Gasteiger partial charge >= 0.3 is 0 Å². The fraction of sp³-hybridized carbons (Fsp3) is 0.0769. The van der Waals surface area contributed by atoms with Crippen LogP contribution in [-0.2, 0) is 0 Å². The van der Waals surface area contributed by atoms with Gasteiger partial charge in [-0.1, -0.05) is 12.1 Å². The summed E-state index contributed by atoms with van der Waals surface area (Å²) in [6, 6.07) is 5.18. The molecule has 0 amide bonds. The third-order valence-corrected chi connectivity index (χ3v) is 2.75.